The minimum Gasteiger partial charge on any atom is -0.316 e. The second kappa shape index (κ2) is 4.16. The molecule has 0 saturated carbocycles. The van der Waals surface area contributed by atoms with E-state index in [0.717, 1.165) is 12.1 Å². The lowest BCUT2D eigenvalue weighted by Gasteiger charge is -1.92. The summed E-state index contributed by atoms with van der Waals surface area (Å²) < 4.78 is 0. The largest absolute Gasteiger partial charge is 0.316 e. The average Bonchev–Trinajstić information content (AvgIpc) is 1.68. The third-order valence-electron chi connectivity index (χ3n) is 0.642. The maximum absolute atomic E-state index is 5.33. The fourth-order valence-corrected chi connectivity index (χ4v) is 0.395. The maximum atomic E-state index is 5.33. The number of hydrogen-bond acceptors (Lipinski definition) is 1. The van der Waals surface area contributed by atoms with Crippen molar-refractivity contribution in [2.75, 3.05) is 13.6 Å². The summed E-state index contributed by atoms with van der Waals surface area (Å²) in [6, 6.07) is 0. The van der Waals surface area contributed by atoms with Gasteiger partial charge in [0, 0.05) is 12.1 Å². The van der Waals surface area contributed by atoms with Gasteiger partial charge in [-0.1, -0.05) is 11.6 Å². The van der Waals surface area contributed by atoms with Crippen LogP contribution in [0.5, 0.6) is 0 Å². The average molecular weight is 120 g/mol. The SMILES string of the molecule is CNC/C(C)=C/Cl. The van der Waals surface area contributed by atoms with Crippen molar-refractivity contribution in [1.29, 1.82) is 0 Å². The van der Waals surface area contributed by atoms with E-state index >= 15 is 0 Å². The fourth-order valence-electron chi connectivity index (χ4n) is 0.317. The van der Waals surface area contributed by atoms with E-state index in [2.05, 4.69) is 5.32 Å². The molecule has 1 N–H and O–H groups in total. The molecule has 0 aliphatic carbocycles. The number of likely N-dealkylation sites (N-methyl/N-ethyl adjacent to an activating group) is 1. The molecule has 0 aromatic rings. The molecule has 7 heavy (non-hydrogen) atoms. The van der Waals surface area contributed by atoms with Crippen LogP contribution >= 0.6 is 11.6 Å². The van der Waals surface area contributed by atoms with Gasteiger partial charge >= 0.3 is 0 Å². The van der Waals surface area contributed by atoms with Gasteiger partial charge in [-0.25, -0.2) is 0 Å². The maximum Gasteiger partial charge on any atom is 0.0170 e. The topological polar surface area (TPSA) is 12.0 Å². The second-order valence-electron chi connectivity index (χ2n) is 1.49. The van der Waals surface area contributed by atoms with Crippen LogP contribution in [-0.2, 0) is 0 Å². The molecular formula is C5H10ClN. The van der Waals surface area contributed by atoms with E-state index in [9.17, 15) is 0 Å². The molecule has 0 spiro atoms. The van der Waals surface area contributed by atoms with E-state index in [4.69, 9.17) is 11.6 Å². The van der Waals surface area contributed by atoms with Gasteiger partial charge in [-0.05, 0) is 19.5 Å². The highest BCUT2D eigenvalue weighted by Crippen LogP contribution is 1.90. The lowest BCUT2D eigenvalue weighted by molar-refractivity contribution is 0.882. The minimum atomic E-state index is 0.878. The third-order valence-corrected chi connectivity index (χ3v) is 1.01. The molecule has 0 aromatic carbocycles. The molecule has 0 amide bonds. The van der Waals surface area contributed by atoms with Crippen molar-refractivity contribution < 1.29 is 0 Å². The molecule has 2 heteroatoms. The van der Waals surface area contributed by atoms with E-state index in [0.29, 0.717) is 0 Å². The van der Waals surface area contributed by atoms with Crippen molar-refractivity contribution in [1.82, 2.24) is 5.32 Å². The molecule has 0 aliphatic rings. The van der Waals surface area contributed by atoms with Crippen LogP contribution in [0.1, 0.15) is 6.92 Å². The molecule has 0 saturated heterocycles. The Labute approximate surface area is 49.4 Å². The second-order valence-corrected chi connectivity index (χ2v) is 1.70. The molecule has 0 aromatic heterocycles. The smallest absolute Gasteiger partial charge is 0.0170 e. The monoisotopic (exact) mass is 119 g/mol. The Hall–Kier alpha value is -0.0100. The Morgan fingerprint density at radius 1 is 1.86 bits per heavy atom. The van der Waals surface area contributed by atoms with E-state index in [1.54, 1.807) is 5.54 Å². The molecule has 0 fully saturated rings. The zero-order valence-electron chi connectivity index (χ0n) is 4.66. The van der Waals surface area contributed by atoms with Crippen molar-refractivity contribution in [2.24, 2.45) is 0 Å². The van der Waals surface area contributed by atoms with Crippen molar-refractivity contribution in [3.63, 3.8) is 0 Å². The zero-order chi connectivity index (χ0) is 5.70. The van der Waals surface area contributed by atoms with E-state index in [1.165, 1.54) is 0 Å². The summed E-state index contributed by atoms with van der Waals surface area (Å²) in [5.74, 6) is 0. The van der Waals surface area contributed by atoms with Crippen LogP contribution in [0.3, 0.4) is 0 Å². The van der Waals surface area contributed by atoms with Gasteiger partial charge in [0.05, 0.1) is 0 Å². The van der Waals surface area contributed by atoms with Gasteiger partial charge in [0.1, 0.15) is 0 Å². The van der Waals surface area contributed by atoms with Crippen LogP contribution in [-0.4, -0.2) is 13.6 Å². The lowest BCUT2D eigenvalue weighted by Crippen LogP contribution is -2.07. The first kappa shape index (κ1) is 6.99. The van der Waals surface area contributed by atoms with Gasteiger partial charge in [-0.3, -0.25) is 0 Å². The van der Waals surface area contributed by atoms with Crippen molar-refractivity contribution in [3.8, 4) is 0 Å². The highest BCUT2D eigenvalue weighted by Gasteiger charge is 1.79. The lowest BCUT2D eigenvalue weighted by atomic mass is 10.4. The highest BCUT2D eigenvalue weighted by atomic mass is 35.5. The Kier molecular flexibility index (Phi) is 4.15. The van der Waals surface area contributed by atoms with E-state index in [-0.39, 0.29) is 0 Å². The van der Waals surface area contributed by atoms with E-state index in [1.807, 2.05) is 14.0 Å². The first-order chi connectivity index (χ1) is 3.31. The van der Waals surface area contributed by atoms with Crippen LogP contribution in [0.15, 0.2) is 11.1 Å². The Morgan fingerprint density at radius 2 is 2.43 bits per heavy atom. The van der Waals surface area contributed by atoms with Crippen LogP contribution < -0.4 is 5.32 Å². The Balaban J connectivity index is 3.17. The summed E-state index contributed by atoms with van der Waals surface area (Å²) in [4.78, 5) is 0. The summed E-state index contributed by atoms with van der Waals surface area (Å²) in [7, 11) is 1.89. The molecule has 1 nitrogen and oxygen atoms in total. The van der Waals surface area contributed by atoms with Gasteiger partial charge < -0.3 is 5.32 Å². The van der Waals surface area contributed by atoms with Crippen LogP contribution in [0, 0.1) is 0 Å². The summed E-state index contributed by atoms with van der Waals surface area (Å²) >= 11 is 5.33. The number of hydrogen-bond donors (Lipinski definition) is 1. The van der Waals surface area contributed by atoms with Crippen LogP contribution in [0.4, 0.5) is 0 Å². The number of rotatable bonds is 2. The number of nitrogens with one attached hydrogen (secondary N) is 1. The quantitative estimate of drug-likeness (QED) is 0.579. The predicted molar refractivity (Wildman–Crippen MR) is 33.5 cm³/mol. The summed E-state index contributed by atoms with van der Waals surface area (Å²) in [5.41, 5.74) is 2.74. The standard InChI is InChI=1S/C5H10ClN/c1-5(3-6)4-7-2/h3,7H,4H2,1-2H3/b5-3+. The molecule has 0 aliphatic heterocycles. The molecule has 0 atom stereocenters. The summed E-state index contributed by atoms with van der Waals surface area (Å²) in [5, 5.41) is 2.97. The minimum absolute atomic E-state index is 0.878. The number of halogens is 1. The predicted octanol–water partition coefficient (Wildman–Crippen LogP) is 1.35. The highest BCUT2D eigenvalue weighted by molar-refractivity contribution is 6.25. The third kappa shape index (κ3) is 3.83. The van der Waals surface area contributed by atoms with E-state index < -0.39 is 0 Å². The van der Waals surface area contributed by atoms with Gasteiger partial charge in [-0.2, -0.15) is 0 Å². The van der Waals surface area contributed by atoms with Gasteiger partial charge in [0.25, 0.3) is 0 Å². The molecule has 0 bridgehead atoms. The summed E-state index contributed by atoms with van der Waals surface area (Å²) in [6.45, 7) is 2.85. The van der Waals surface area contributed by atoms with Gasteiger partial charge in [0.2, 0.25) is 0 Å². The van der Waals surface area contributed by atoms with Crippen LogP contribution in [0.25, 0.3) is 0 Å². The van der Waals surface area contributed by atoms with Crippen molar-refractivity contribution in [3.05, 3.63) is 11.1 Å². The fraction of sp³-hybridized carbons (Fsp3) is 0.600. The first-order valence-corrected chi connectivity index (χ1v) is 2.65. The Morgan fingerprint density at radius 3 is 2.57 bits per heavy atom. The molecule has 42 valence electrons. The first-order valence-electron chi connectivity index (χ1n) is 2.21. The normalized spacial score (nSPS) is 12.1. The zero-order valence-corrected chi connectivity index (χ0v) is 5.42. The summed E-state index contributed by atoms with van der Waals surface area (Å²) in [6.07, 6.45) is 0. The van der Waals surface area contributed by atoms with Crippen molar-refractivity contribution >= 4 is 11.6 Å². The van der Waals surface area contributed by atoms with Crippen LogP contribution in [0.2, 0.25) is 0 Å². The van der Waals surface area contributed by atoms with Gasteiger partial charge in [0.15, 0.2) is 0 Å². The molecule has 0 radical (unpaired) electrons. The molecular weight excluding hydrogens is 110 g/mol. The Bertz CT molecular complexity index is 68.5. The van der Waals surface area contributed by atoms with Crippen molar-refractivity contribution in [2.45, 2.75) is 6.92 Å². The molecule has 0 heterocycles. The molecule has 0 rings (SSSR count). The van der Waals surface area contributed by atoms with Gasteiger partial charge in [-0.15, -0.1) is 0 Å². The molecule has 0 unspecified atom stereocenters.